The lowest BCUT2D eigenvalue weighted by molar-refractivity contribution is -0.148. The number of para-hydroxylation sites is 1. The minimum Gasteiger partial charge on any atom is -0.468 e. The van der Waals surface area contributed by atoms with E-state index in [9.17, 15) is 9.18 Å². The number of carbonyl (C=O) groups excluding carboxylic acids is 1. The number of anilines is 1. The summed E-state index contributed by atoms with van der Waals surface area (Å²) in [6.07, 6.45) is 3.25. The van der Waals surface area contributed by atoms with Crippen LogP contribution in [0.15, 0.2) is 24.3 Å². The molecule has 1 saturated carbocycles. The summed E-state index contributed by atoms with van der Waals surface area (Å²) in [7, 11) is 3.22. The van der Waals surface area contributed by atoms with E-state index in [0.717, 1.165) is 19.3 Å². The highest BCUT2D eigenvalue weighted by Gasteiger charge is 2.46. The smallest absolute Gasteiger partial charge is 0.326 e. The van der Waals surface area contributed by atoms with Gasteiger partial charge in [-0.25, -0.2) is 4.39 Å². The lowest BCUT2D eigenvalue weighted by Crippen LogP contribution is -2.52. The molecule has 1 aromatic rings. The Hall–Kier alpha value is -1.62. The predicted octanol–water partition coefficient (Wildman–Crippen LogP) is 2.32. The van der Waals surface area contributed by atoms with Crippen molar-refractivity contribution in [1.82, 2.24) is 0 Å². The molecule has 0 saturated heterocycles. The second-order valence-electron chi connectivity index (χ2n) is 5.78. The van der Waals surface area contributed by atoms with Crippen molar-refractivity contribution in [1.29, 1.82) is 0 Å². The van der Waals surface area contributed by atoms with Gasteiger partial charge in [0, 0.05) is 13.6 Å². The van der Waals surface area contributed by atoms with Gasteiger partial charge in [-0.15, -0.1) is 0 Å². The van der Waals surface area contributed by atoms with Crippen molar-refractivity contribution in [2.75, 3.05) is 25.6 Å². The molecule has 2 rings (SSSR count). The topological polar surface area (TPSA) is 55.6 Å². The fourth-order valence-electron chi connectivity index (χ4n) is 3.19. The van der Waals surface area contributed by atoms with Crippen molar-refractivity contribution in [3.63, 3.8) is 0 Å². The van der Waals surface area contributed by atoms with E-state index in [0.29, 0.717) is 18.7 Å². The van der Waals surface area contributed by atoms with Crippen LogP contribution in [-0.2, 0) is 9.53 Å². The first-order chi connectivity index (χ1) is 9.99. The maximum absolute atomic E-state index is 13.7. The molecule has 0 radical (unpaired) electrons. The Labute approximate surface area is 125 Å². The summed E-state index contributed by atoms with van der Waals surface area (Å²) < 4.78 is 18.6. The first-order valence-electron chi connectivity index (χ1n) is 7.32. The molecule has 2 N–H and O–H groups in total. The van der Waals surface area contributed by atoms with Gasteiger partial charge >= 0.3 is 5.97 Å². The molecule has 116 valence electrons. The van der Waals surface area contributed by atoms with Gasteiger partial charge in [0.1, 0.15) is 11.4 Å². The Bertz CT molecular complexity index is 509. The van der Waals surface area contributed by atoms with E-state index in [1.165, 1.54) is 13.2 Å². The highest BCUT2D eigenvalue weighted by Crippen LogP contribution is 2.37. The average molecular weight is 294 g/mol. The molecule has 1 aliphatic rings. The van der Waals surface area contributed by atoms with Gasteiger partial charge in [-0.1, -0.05) is 18.6 Å². The number of hydrogen-bond acceptors (Lipinski definition) is 4. The molecule has 0 bridgehead atoms. The summed E-state index contributed by atoms with van der Waals surface area (Å²) in [5.41, 5.74) is 5.93. The van der Waals surface area contributed by atoms with Crippen LogP contribution in [0.3, 0.4) is 0 Å². The zero-order valence-corrected chi connectivity index (χ0v) is 12.6. The van der Waals surface area contributed by atoms with Gasteiger partial charge < -0.3 is 15.4 Å². The molecular formula is C16H23FN2O2. The summed E-state index contributed by atoms with van der Waals surface area (Å²) in [5, 5.41) is 0. The van der Waals surface area contributed by atoms with Gasteiger partial charge in [-0.2, -0.15) is 0 Å². The van der Waals surface area contributed by atoms with Crippen LogP contribution in [-0.4, -0.2) is 32.2 Å². The van der Waals surface area contributed by atoms with E-state index in [1.54, 1.807) is 12.1 Å². The number of ether oxygens (including phenoxy) is 1. The summed E-state index contributed by atoms with van der Waals surface area (Å²) in [6, 6.07) is 6.68. The highest BCUT2D eigenvalue weighted by atomic mass is 19.1. The molecule has 0 heterocycles. The van der Waals surface area contributed by atoms with E-state index in [2.05, 4.69) is 0 Å². The zero-order valence-electron chi connectivity index (χ0n) is 12.6. The molecule has 21 heavy (non-hydrogen) atoms. The van der Waals surface area contributed by atoms with Crippen molar-refractivity contribution < 1.29 is 13.9 Å². The maximum Gasteiger partial charge on any atom is 0.326 e. The summed E-state index contributed by atoms with van der Waals surface area (Å²) in [5.74, 6) is -0.490. The van der Waals surface area contributed by atoms with Gasteiger partial charge in [0.2, 0.25) is 0 Å². The molecule has 0 aliphatic heterocycles. The number of esters is 1. The molecule has 1 fully saturated rings. The van der Waals surface area contributed by atoms with Crippen molar-refractivity contribution in [3.8, 4) is 0 Å². The number of hydrogen-bond donors (Lipinski definition) is 1. The predicted molar refractivity (Wildman–Crippen MR) is 80.6 cm³/mol. The van der Waals surface area contributed by atoms with E-state index in [1.807, 2.05) is 18.0 Å². The lowest BCUT2D eigenvalue weighted by Gasteiger charge is -2.30. The van der Waals surface area contributed by atoms with E-state index < -0.39 is 5.54 Å². The molecule has 0 spiro atoms. The van der Waals surface area contributed by atoms with Crippen molar-refractivity contribution >= 4 is 11.7 Å². The first kappa shape index (κ1) is 15.8. The molecule has 2 unspecified atom stereocenters. The first-order valence-corrected chi connectivity index (χ1v) is 7.32. The third-order valence-corrected chi connectivity index (χ3v) is 4.51. The van der Waals surface area contributed by atoms with E-state index in [-0.39, 0.29) is 17.7 Å². The number of benzene rings is 1. The quantitative estimate of drug-likeness (QED) is 0.847. The second-order valence-corrected chi connectivity index (χ2v) is 5.78. The summed E-state index contributed by atoms with van der Waals surface area (Å²) in [6.45, 7) is 0.654. The van der Waals surface area contributed by atoms with Crippen LogP contribution in [0, 0.1) is 11.7 Å². The third-order valence-electron chi connectivity index (χ3n) is 4.51. The van der Waals surface area contributed by atoms with Gasteiger partial charge in [0.05, 0.1) is 12.8 Å². The molecule has 4 nitrogen and oxygen atoms in total. The van der Waals surface area contributed by atoms with Crippen LogP contribution in [0.2, 0.25) is 0 Å². The van der Waals surface area contributed by atoms with Crippen LogP contribution >= 0.6 is 0 Å². The third kappa shape index (κ3) is 3.18. The van der Waals surface area contributed by atoms with E-state index in [4.69, 9.17) is 10.5 Å². The van der Waals surface area contributed by atoms with Crippen LogP contribution in [0.4, 0.5) is 10.1 Å². The van der Waals surface area contributed by atoms with Gasteiger partial charge in [-0.3, -0.25) is 4.79 Å². The Morgan fingerprint density at radius 2 is 2.24 bits per heavy atom. The second kappa shape index (κ2) is 6.43. The largest absolute Gasteiger partial charge is 0.468 e. The Kier molecular flexibility index (Phi) is 4.83. The fourth-order valence-corrected chi connectivity index (χ4v) is 3.19. The number of rotatable bonds is 5. The molecular weight excluding hydrogens is 271 g/mol. The Balaban J connectivity index is 1.99. The van der Waals surface area contributed by atoms with Gasteiger partial charge in [0.15, 0.2) is 0 Å². The molecule has 2 atom stereocenters. The number of halogens is 1. The van der Waals surface area contributed by atoms with Crippen molar-refractivity contribution in [3.05, 3.63) is 30.1 Å². The van der Waals surface area contributed by atoms with Crippen molar-refractivity contribution in [2.24, 2.45) is 11.7 Å². The lowest BCUT2D eigenvalue weighted by atomic mass is 9.85. The zero-order chi connectivity index (χ0) is 15.5. The van der Waals surface area contributed by atoms with Crippen LogP contribution < -0.4 is 10.6 Å². The van der Waals surface area contributed by atoms with Gasteiger partial charge in [0.25, 0.3) is 0 Å². The summed E-state index contributed by atoms with van der Waals surface area (Å²) in [4.78, 5) is 13.8. The standard InChI is InChI=1S/C16H23FN2O2/c1-19(14-8-4-3-7-13(14)17)11-9-12-6-5-10-16(12,18)15(20)21-2/h3-4,7-8,12H,5-6,9-11,18H2,1-2H3. The molecule has 1 aromatic carbocycles. The molecule has 0 amide bonds. The monoisotopic (exact) mass is 294 g/mol. The molecule has 5 heteroatoms. The number of methoxy groups -OCH3 is 1. The highest BCUT2D eigenvalue weighted by molar-refractivity contribution is 5.81. The molecule has 1 aliphatic carbocycles. The minimum absolute atomic E-state index is 0.0826. The minimum atomic E-state index is -0.884. The Morgan fingerprint density at radius 3 is 2.90 bits per heavy atom. The van der Waals surface area contributed by atoms with Crippen LogP contribution in [0.25, 0.3) is 0 Å². The van der Waals surface area contributed by atoms with Crippen LogP contribution in [0.1, 0.15) is 25.7 Å². The normalized spacial score (nSPS) is 24.9. The SMILES string of the molecule is COC(=O)C1(N)CCCC1CCN(C)c1ccccc1F. The number of nitrogens with two attached hydrogens (primary N) is 1. The number of carbonyl (C=O) groups is 1. The van der Waals surface area contributed by atoms with Gasteiger partial charge in [-0.05, 0) is 37.3 Å². The summed E-state index contributed by atoms with van der Waals surface area (Å²) >= 11 is 0. The fraction of sp³-hybridized carbons (Fsp3) is 0.562. The maximum atomic E-state index is 13.7. The van der Waals surface area contributed by atoms with Crippen molar-refractivity contribution in [2.45, 2.75) is 31.2 Å². The Morgan fingerprint density at radius 1 is 1.52 bits per heavy atom. The number of nitrogens with zero attached hydrogens (tertiary/aromatic N) is 1. The van der Waals surface area contributed by atoms with Crippen LogP contribution in [0.5, 0.6) is 0 Å². The average Bonchev–Trinajstić information content (AvgIpc) is 2.86. The van der Waals surface area contributed by atoms with E-state index >= 15 is 0 Å². The molecule has 0 aromatic heterocycles.